The van der Waals surface area contributed by atoms with Crippen LogP contribution in [0.2, 0.25) is 0 Å². The molecule has 1 atom stereocenters. The van der Waals surface area contributed by atoms with E-state index >= 15 is 0 Å². The van der Waals surface area contributed by atoms with Crippen LogP contribution in [0, 0.1) is 0 Å². The van der Waals surface area contributed by atoms with E-state index in [0.717, 1.165) is 25.7 Å². The lowest BCUT2D eigenvalue weighted by molar-refractivity contribution is 0.474. The van der Waals surface area contributed by atoms with E-state index in [2.05, 4.69) is 42.6 Å². The molecule has 0 saturated carbocycles. The molecule has 2 nitrogen and oxygen atoms in total. The molecule has 0 heterocycles. The van der Waals surface area contributed by atoms with Gasteiger partial charge in [-0.25, -0.2) is 0 Å². The third-order valence-corrected chi connectivity index (χ3v) is 4.07. The molecule has 0 spiro atoms. The second-order valence-corrected chi connectivity index (χ2v) is 5.53. The third kappa shape index (κ3) is 2.51. The minimum Gasteiger partial charge on any atom is -0.508 e. The van der Waals surface area contributed by atoms with Crippen LogP contribution in [0.25, 0.3) is 0 Å². The summed E-state index contributed by atoms with van der Waals surface area (Å²) in [5, 5.41) is 13.3. The van der Waals surface area contributed by atoms with Gasteiger partial charge in [-0.1, -0.05) is 37.6 Å². The third-order valence-electron chi connectivity index (χ3n) is 4.07. The number of nitrogens with one attached hydrogen (secondary N) is 1. The normalized spacial score (nSPS) is 16.9. The van der Waals surface area contributed by atoms with E-state index in [4.69, 9.17) is 0 Å². The zero-order chi connectivity index (χ0) is 13.9. The molecule has 0 saturated heterocycles. The Balaban J connectivity index is 1.84. The molecule has 1 aliphatic carbocycles. The minimum absolute atomic E-state index is 0.364. The van der Waals surface area contributed by atoms with Crippen LogP contribution < -0.4 is 5.32 Å². The summed E-state index contributed by atoms with van der Waals surface area (Å²) < 4.78 is 0. The van der Waals surface area contributed by atoms with Crippen molar-refractivity contribution in [3.8, 4) is 5.75 Å². The highest BCUT2D eigenvalue weighted by molar-refractivity contribution is 5.54. The summed E-state index contributed by atoms with van der Waals surface area (Å²) in [7, 11) is 0. The summed E-state index contributed by atoms with van der Waals surface area (Å²) in [6, 6.07) is 14.7. The first-order valence-corrected chi connectivity index (χ1v) is 7.44. The summed E-state index contributed by atoms with van der Waals surface area (Å²) in [6.07, 6.45) is 4.41. The van der Waals surface area contributed by atoms with Gasteiger partial charge in [0.25, 0.3) is 0 Å². The predicted molar refractivity (Wildman–Crippen MR) is 83.2 cm³/mol. The number of hydrogen-bond acceptors (Lipinski definition) is 2. The largest absolute Gasteiger partial charge is 0.508 e. The monoisotopic (exact) mass is 267 g/mol. The van der Waals surface area contributed by atoms with Gasteiger partial charge < -0.3 is 10.4 Å². The molecule has 20 heavy (non-hydrogen) atoms. The number of fused-ring (bicyclic) bond motifs is 1. The number of aromatic hydroxyl groups is 1. The van der Waals surface area contributed by atoms with Gasteiger partial charge in [-0.15, -0.1) is 0 Å². The fraction of sp³-hybridized carbons (Fsp3) is 0.333. The van der Waals surface area contributed by atoms with Crippen LogP contribution >= 0.6 is 0 Å². The summed E-state index contributed by atoms with van der Waals surface area (Å²) in [5.74, 6) is 0.371. The standard InChI is InChI=1S/C18H21NO/c1-2-5-13-6-3-4-7-17(13)19-18-11-8-14-12-15(20)9-10-16(14)18/h3-4,6-7,9-10,12,18-20H,2,5,8,11H2,1H3. The molecule has 1 aliphatic rings. The topological polar surface area (TPSA) is 32.3 Å². The van der Waals surface area contributed by atoms with E-state index in [1.807, 2.05) is 6.07 Å². The zero-order valence-corrected chi connectivity index (χ0v) is 11.9. The van der Waals surface area contributed by atoms with Crippen LogP contribution in [0.5, 0.6) is 5.75 Å². The molecule has 1 unspecified atom stereocenters. The SMILES string of the molecule is CCCc1ccccc1NC1CCc2cc(O)ccc21. The van der Waals surface area contributed by atoms with Crippen molar-refractivity contribution in [3.05, 3.63) is 59.2 Å². The van der Waals surface area contributed by atoms with Gasteiger partial charge in [-0.3, -0.25) is 0 Å². The second kappa shape index (κ2) is 5.58. The smallest absolute Gasteiger partial charge is 0.115 e. The van der Waals surface area contributed by atoms with Crippen LogP contribution in [-0.2, 0) is 12.8 Å². The summed E-state index contributed by atoms with van der Waals surface area (Å²) in [6.45, 7) is 2.21. The number of benzene rings is 2. The summed E-state index contributed by atoms with van der Waals surface area (Å²) in [4.78, 5) is 0. The Labute approximate surface area is 120 Å². The zero-order valence-electron chi connectivity index (χ0n) is 11.9. The highest BCUT2D eigenvalue weighted by Gasteiger charge is 2.22. The van der Waals surface area contributed by atoms with Gasteiger partial charge in [0, 0.05) is 5.69 Å². The van der Waals surface area contributed by atoms with Crippen molar-refractivity contribution >= 4 is 5.69 Å². The second-order valence-electron chi connectivity index (χ2n) is 5.53. The van der Waals surface area contributed by atoms with Crippen molar-refractivity contribution in [1.82, 2.24) is 0 Å². The van der Waals surface area contributed by atoms with Crippen molar-refractivity contribution in [2.75, 3.05) is 5.32 Å². The van der Waals surface area contributed by atoms with Crippen LogP contribution in [0.4, 0.5) is 5.69 Å². The van der Waals surface area contributed by atoms with E-state index in [-0.39, 0.29) is 0 Å². The quantitative estimate of drug-likeness (QED) is 0.858. The molecule has 0 fully saturated rings. The van der Waals surface area contributed by atoms with Gasteiger partial charge in [0.05, 0.1) is 6.04 Å². The highest BCUT2D eigenvalue weighted by atomic mass is 16.3. The summed E-state index contributed by atoms with van der Waals surface area (Å²) >= 11 is 0. The van der Waals surface area contributed by atoms with Crippen molar-refractivity contribution in [2.24, 2.45) is 0 Å². The molecule has 0 amide bonds. The van der Waals surface area contributed by atoms with Crippen molar-refractivity contribution in [1.29, 1.82) is 0 Å². The molecular formula is C18H21NO. The Morgan fingerprint density at radius 3 is 2.90 bits per heavy atom. The van der Waals surface area contributed by atoms with Crippen LogP contribution in [-0.4, -0.2) is 5.11 Å². The molecule has 2 aromatic rings. The maximum Gasteiger partial charge on any atom is 0.115 e. The first-order valence-electron chi connectivity index (χ1n) is 7.44. The number of anilines is 1. The maximum atomic E-state index is 9.57. The molecule has 2 aromatic carbocycles. The van der Waals surface area contributed by atoms with Crippen LogP contribution in [0.3, 0.4) is 0 Å². The number of hydrogen-bond donors (Lipinski definition) is 2. The first kappa shape index (κ1) is 13.0. The molecule has 0 radical (unpaired) electrons. The van der Waals surface area contributed by atoms with Crippen molar-refractivity contribution < 1.29 is 5.11 Å². The van der Waals surface area contributed by atoms with E-state index in [0.29, 0.717) is 11.8 Å². The molecule has 3 rings (SSSR count). The minimum atomic E-state index is 0.364. The molecule has 2 N–H and O–H groups in total. The van der Waals surface area contributed by atoms with Crippen molar-refractivity contribution in [3.63, 3.8) is 0 Å². The van der Waals surface area contributed by atoms with Gasteiger partial charge in [-0.2, -0.15) is 0 Å². The van der Waals surface area contributed by atoms with Gasteiger partial charge in [-0.05, 0) is 54.2 Å². The number of rotatable bonds is 4. The predicted octanol–water partition coefficient (Wildman–Crippen LogP) is 4.44. The Hall–Kier alpha value is -1.96. The van der Waals surface area contributed by atoms with Crippen LogP contribution in [0.1, 0.15) is 42.5 Å². The molecule has 0 aromatic heterocycles. The van der Waals surface area contributed by atoms with E-state index < -0.39 is 0 Å². The number of phenols is 1. The van der Waals surface area contributed by atoms with Gasteiger partial charge in [0.1, 0.15) is 5.75 Å². The van der Waals surface area contributed by atoms with Gasteiger partial charge in [0.15, 0.2) is 0 Å². The lowest BCUT2D eigenvalue weighted by atomic mass is 10.0. The van der Waals surface area contributed by atoms with Crippen LogP contribution in [0.15, 0.2) is 42.5 Å². The van der Waals surface area contributed by atoms with E-state index in [1.165, 1.54) is 22.4 Å². The lowest BCUT2D eigenvalue weighted by Crippen LogP contribution is -2.08. The molecule has 0 aliphatic heterocycles. The van der Waals surface area contributed by atoms with Gasteiger partial charge >= 0.3 is 0 Å². The Morgan fingerprint density at radius 2 is 2.05 bits per heavy atom. The van der Waals surface area contributed by atoms with E-state index in [9.17, 15) is 5.11 Å². The number of aryl methyl sites for hydroxylation is 2. The Bertz CT molecular complexity index is 606. The lowest BCUT2D eigenvalue weighted by Gasteiger charge is -2.18. The molecule has 0 bridgehead atoms. The van der Waals surface area contributed by atoms with Crippen molar-refractivity contribution in [2.45, 2.75) is 38.6 Å². The molecule has 2 heteroatoms. The summed E-state index contributed by atoms with van der Waals surface area (Å²) in [5.41, 5.74) is 5.24. The average Bonchev–Trinajstić information content (AvgIpc) is 2.83. The van der Waals surface area contributed by atoms with E-state index in [1.54, 1.807) is 6.07 Å². The Morgan fingerprint density at radius 1 is 1.20 bits per heavy atom. The molecular weight excluding hydrogens is 246 g/mol. The fourth-order valence-electron chi connectivity index (χ4n) is 3.09. The van der Waals surface area contributed by atoms with Gasteiger partial charge in [0.2, 0.25) is 0 Å². The Kier molecular flexibility index (Phi) is 3.64. The highest BCUT2D eigenvalue weighted by Crippen LogP contribution is 2.36. The fourth-order valence-corrected chi connectivity index (χ4v) is 3.09. The first-order chi connectivity index (χ1) is 9.78. The molecule has 104 valence electrons. The number of phenolic OH excluding ortho intramolecular Hbond substituents is 1. The average molecular weight is 267 g/mol. The maximum absolute atomic E-state index is 9.57. The number of para-hydroxylation sites is 1.